The topological polar surface area (TPSA) is 88.2 Å². The van der Waals surface area contributed by atoms with Crippen molar-refractivity contribution in [1.29, 1.82) is 0 Å². The molecule has 2 aliphatic rings. The van der Waals surface area contributed by atoms with Crippen molar-refractivity contribution in [1.82, 2.24) is 13.9 Å². The van der Waals surface area contributed by atoms with E-state index in [2.05, 4.69) is 5.32 Å². The third-order valence-electron chi connectivity index (χ3n) is 3.98. The Bertz CT molecular complexity index is 464. The summed E-state index contributed by atoms with van der Waals surface area (Å²) in [7, 11) is -1.92. The summed E-state index contributed by atoms with van der Waals surface area (Å²) in [5.41, 5.74) is 0. The molecule has 1 N–H and O–H groups in total. The Morgan fingerprint density at radius 2 is 2.00 bits per heavy atom. The first-order valence-corrected chi connectivity index (χ1v) is 9.05. The van der Waals surface area contributed by atoms with E-state index in [1.807, 2.05) is 0 Å². The minimum Gasteiger partial charge on any atom is -0.383 e. The molecule has 0 aromatic rings. The Balaban J connectivity index is 1.93. The van der Waals surface area contributed by atoms with Gasteiger partial charge in [0.15, 0.2) is 0 Å². The monoisotopic (exact) mass is 335 g/mol. The van der Waals surface area contributed by atoms with E-state index < -0.39 is 10.2 Å². The van der Waals surface area contributed by atoms with E-state index in [0.717, 1.165) is 0 Å². The van der Waals surface area contributed by atoms with Gasteiger partial charge in [-0.1, -0.05) is 0 Å². The van der Waals surface area contributed by atoms with Crippen molar-refractivity contribution in [2.75, 3.05) is 59.7 Å². The van der Waals surface area contributed by atoms with Gasteiger partial charge in [-0.25, -0.2) is 0 Å². The van der Waals surface area contributed by atoms with E-state index >= 15 is 0 Å². The predicted octanol–water partition coefficient (Wildman–Crippen LogP) is -0.962. The maximum Gasteiger partial charge on any atom is 0.282 e. The van der Waals surface area contributed by atoms with Crippen LogP contribution in [0, 0.1) is 5.92 Å². The third-order valence-corrected chi connectivity index (χ3v) is 5.98. The minimum atomic E-state index is -3.49. The zero-order chi connectivity index (χ0) is 16.0. The molecular weight excluding hydrogens is 310 g/mol. The number of nitrogens with one attached hydrogen (secondary N) is 1. The SMILES string of the molecule is COCCNC(=O)C1CCCN(S(=O)(=O)N2CCOCC2)C1. The lowest BCUT2D eigenvalue weighted by atomic mass is 9.99. The second-order valence-corrected chi connectivity index (χ2v) is 7.43. The summed E-state index contributed by atoms with van der Waals surface area (Å²) in [5.74, 6) is -0.389. The molecule has 0 aromatic carbocycles. The highest BCUT2D eigenvalue weighted by Crippen LogP contribution is 2.21. The molecule has 2 saturated heterocycles. The van der Waals surface area contributed by atoms with Crippen molar-refractivity contribution in [3.8, 4) is 0 Å². The lowest BCUT2D eigenvalue weighted by Crippen LogP contribution is -2.53. The number of piperidine rings is 1. The van der Waals surface area contributed by atoms with Crippen LogP contribution in [0.3, 0.4) is 0 Å². The number of hydrogen-bond donors (Lipinski definition) is 1. The summed E-state index contributed by atoms with van der Waals surface area (Å²) in [5, 5.41) is 2.79. The van der Waals surface area contributed by atoms with Crippen molar-refractivity contribution < 1.29 is 22.7 Å². The zero-order valence-electron chi connectivity index (χ0n) is 13.0. The van der Waals surface area contributed by atoms with E-state index in [4.69, 9.17) is 9.47 Å². The van der Waals surface area contributed by atoms with E-state index in [1.165, 1.54) is 8.61 Å². The zero-order valence-corrected chi connectivity index (χ0v) is 13.8. The quantitative estimate of drug-likeness (QED) is 0.632. The number of hydrogen-bond acceptors (Lipinski definition) is 5. The van der Waals surface area contributed by atoms with Gasteiger partial charge < -0.3 is 14.8 Å². The predicted molar refractivity (Wildman–Crippen MR) is 80.5 cm³/mol. The molecular formula is C13H25N3O5S. The molecule has 0 radical (unpaired) electrons. The van der Waals surface area contributed by atoms with Gasteiger partial charge in [0, 0.05) is 39.8 Å². The summed E-state index contributed by atoms with van der Waals surface area (Å²) < 4.78 is 38.2. The van der Waals surface area contributed by atoms with Crippen molar-refractivity contribution in [3.63, 3.8) is 0 Å². The molecule has 1 amide bonds. The highest BCUT2D eigenvalue weighted by atomic mass is 32.2. The van der Waals surface area contributed by atoms with E-state index in [-0.39, 0.29) is 18.4 Å². The Morgan fingerprint density at radius 1 is 1.27 bits per heavy atom. The van der Waals surface area contributed by atoms with E-state index in [9.17, 15) is 13.2 Å². The van der Waals surface area contributed by atoms with Crippen molar-refractivity contribution in [3.05, 3.63) is 0 Å². The average Bonchev–Trinajstić information content (AvgIpc) is 2.56. The fourth-order valence-corrected chi connectivity index (χ4v) is 4.39. The van der Waals surface area contributed by atoms with Gasteiger partial charge >= 0.3 is 0 Å². The largest absolute Gasteiger partial charge is 0.383 e. The van der Waals surface area contributed by atoms with Crippen LogP contribution in [0.2, 0.25) is 0 Å². The Morgan fingerprint density at radius 3 is 2.68 bits per heavy atom. The Kier molecular flexibility index (Phi) is 6.57. The maximum atomic E-state index is 12.6. The molecule has 2 fully saturated rings. The highest BCUT2D eigenvalue weighted by Gasteiger charge is 2.36. The highest BCUT2D eigenvalue weighted by molar-refractivity contribution is 7.86. The third kappa shape index (κ3) is 4.39. The molecule has 2 rings (SSSR count). The van der Waals surface area contributed by atoms with Crippen LogP contribution in [-0.4, -0.2) is 82.6 Å². The fraction of sp³-hybridized carbons (Fsp3) is 0.923. The van der Waals surface area contributed by atoms with Crippen LogP contribution in [0.5, 0.6) is 0 Å². The number of rotatable bonds is 6. The number of methoxy groups -OCH3 is 1. The number of nitrogens with zero attached hydrogens (tertiary/aromatic N) is 2. The number of amides is 1. The molecule has 2 heterocycles. The molecule has 0 aliphatic carbocycles. The summed E-state index contributed by atoms with van der Waals surface area (Å²) in [6.07, 6.45) is 1.42. The van der Waals surface area contributed by atoms with Gasteiger partial charge in [0.1, 0.15) is 0 Å². The first kappa shape index (κ1) is 17.6. The fourth-order valence-electron chi connectivity index (χ4n) is 2.73. The van der Waals surface area contributed by atoms with Crippen LogP contribution in [0.4, 0.5) is 0 Å². The second-order valence-electron chi connectivity index (χ2n) is 5.50. The summed E-state index contributed by atoms with van der Waals surface area (Å²) in [4.78, 5) is 12.1. The molecule has 0 spiro atoms. The first-order valence-electron chi connectivity index (χ1n) is 7.65. The minimum absolute atomic E-state index is 0.0982. The lowest BCUT2D eigenvalue weighted by Gasteiger charge is -2.36. The van der Waals surface area contributed by atoms with Crippen LogP contribution >= 0.6 is 0 Å². The van der Waals surface area contributed by atoms with Crippen molar-refractivity contribution >= 4 is 16.1 Å². The Hall–Kier alpha value is -0.740. The molecule has 9 heteroatoms. The summed E-state index contributed by atoms with van der Waals surface area (Å²) in [6.45, 7) is 3.23. The average molecular weight is 335 g/mol. The molecule has 0 aromatic heterocycles. The van der Waals surface area contributed by atoms with Gasteiger partial charge in [-0.3, -0.25) is 4.79 Å². The Labute approximate surface area is 131 Å². The second kappa shape index (κ2) is 8.21. The van der Waals surface area contributed by atoms with E-state index in [1.54, 1.807) is 7.11 Å². The van der Waals surface area contributed by atoms with Gasteiger partial charge in [-0.2, -0.15) is 17.0 Å². The summed E-state index contributed by atoms with van der Waals surface area (Å²) in [6, 6.07) is 0. The number of carbonyl (C=O) groups is 1. The van der Waals surface area contributed by atoms with Gasteiger partial charge in [0.05, 0.1) is 25.7 Å². The molecule has 2 aliphatic heterocycles. The molecule has 1 atom stereocenters. The van der Waals surface area contributed by atoms with Crippen LogP contribution in [-0.2, 0) is 24.5 Å². The van der Waals surface area contributed by atoms with Gasteiger partial charge in [-0.05, 0) is 12.8 Å². The van der Waals surface area contributed by atoms with Crippen LogP contribution in [0.15, 0.2) is 0 Å². The van der Waals surface area contributed by atoms with Crippen molar-refractivity contribution in [2.45, 2.75) is 12.8 Å². The first-order chi connectivity index (χ1) is 10.6. The molecule has 8 nitrogen and oxygen atoms in total. The molecule has 128 valence electrons. The molecule has 22 heavy (non-hydrogen) atoms. The van der Waals surface area contributed by atoms with Gasteiger partial charge in [0.25, 0.3) is 10.2 Å². The normalized spacial score (nSPS) is 25.0. The standard InChI is InChI=1S/C13H25N3O5S/c1-20-8-4-14-13(17)12-3-2-5-16(11-12)22(18,19)15-6-9-21-10-7-15/h12H,2-11H2,1H3,(H,14,17). The number of ether oxygens (including phenoxy) is 2. The van der Waals surface area contributed by atoms with Gasteiger partial charge in [-0.15, -0.1) is 0 Å². The van der Waals surface area contributed by atoms with Crippen molar-refractivity contribution in [2.24, 2.45) is 5.92 Å². The maximum absolute atomic E-state index is 12.6. The van der Waals surface area contributed by atoms with Crippen LogP contribution in [0.1, 0.15) is 12.8 Å². The number of morpholine rings is 1. The molecule has 0 saturated carbocycles. The molecule has 0 bridgehead atoms. The smallest absolute Gasteiger partial charge is 0.282 e. The van der Waals surface area contributed by atoms with Crippen LogP contribution in [0.25, 0.3) is 0 Å². The van der Waals surface area contributed by atoms with E-state index in [0.29, 0.717) is 58.8 Å². The summed E-state index contributed by atoms with van der Waals surface area (Å²) >= 11 is 0. The molecule has 1 unspecified atom stereocenters. The van der Waals surface area contributed by atoms with Crippen LogP contribution < -0.4 is 5.32 Å². The van der Waals surface area contributed by atoms with Gasteiger partial charge in [0.2, 0.25) is 5.91 Å². The lowest BCUT2D eigenvalue weighted by molar-refractivity contribution is -0.126. The number of carbonyl (C=O) groups excluding carboxylic acids is 1.